The van der Waals surface area contributed by atoms with Crippen LogP contribution in [0.3, 0.4) is 0 Å². The number of carbonyl (C=O) groups is 2. The second kappa shape index (κ2) is 6.85. The molecule has 2 amide bonds. The number of hydrogen-bond acceptors (Lipinski definition) is 3. The summed E-state index contributed by atoms with van der Waals surface area (Å²) >= 11 is 3.39. The van der Waals surface area contributed by atoms with E-state index < -0.39 is 5.92 Å². The lowest BCUT2D eigenvalue weighted by Gasteiger charge is -2.17. The van der Waals surface area contributed by atoms with Crippen molar-refractivity contribution in [2.45, 2.75) is 6.42 Å². The van der Waals surface area contributed by atoms with Crippen molar-refractivity contribution in [2.24, 2.45) is 5.92 Å². The molecule has 0 radical (unpaired) electrons. The third-order valence-electron chi connectivity index (χ3n) is 3.94. The lowest BCUT2D eigenvalue weighted by molar-refractivity contribution is -0.122. The largest absolute Gasteiger partial charge is 0.325 e. The first-order valence-corrected chi connectivity index (χ1v) is 8.23. The summed E-state index contributed by atoms with van der Waals surface area (Å²) in [4.78, 5) is 26.3. The standard InChI is InChI=1S/C18H14BrN3O2/c19-15-3-1-2-4-16(15)21-18(24)13-9-17(23)22(11-13)14-7-5-12(10-20)6-8-14/h1-8,13H,9,11H2,(H,21,24). The van der Waals surface area contributed by atoms with Crippen molar-refractivity contribution in [2.75, 3.05) is 16.8 Å². The molecule has 1 aliphatic rings. The lowest BCUT2D eigenvalue weighted by atomic mass is 10.1. The van der Waals surface area contributed by atoms with E-state index in [0.717, 1.165) is 4.47 Å². The van der Waals surface area contributed by atoms with E-state index in [1.54, 1.807) is 35.2 Å². The minimum atomic E-state index is -0.403. The topological polar surface area (TPSA) is 73.2 Å². The number of nitriles is 1. The van der Waals surface area contributed by atoms with Crippen molar-refractivity contribution < 1.29 is 9.59 Å². The molecular weight excluding hydrogens is 370 g/mol. The van der Waals surface area contributed by atoms with E-state index in [-0.39, 0.29) is 18.2 Å². The van der Waals surface area contributed by atoms with Crippen LogP contribution in [0.15, 0.2) is 53.0 Å². The molecule has 1 heterocycles. The van der Waals surface area contributed by atoms with Gasteiger partial charge >= 0.3 is 0 Å². The number of benzene rings is 2. The Hall–Kier alpha value is -2.65. The highest BCUT2D eigenvalue weighted by Crippen LogP contribution is 2.27. The van der Waals surface area contributed by atoms with Gasteiger partial charge in [0.2, 0.25) is 11.8 Å². The highest BCUT2D eigenvalue weighted by atomic mass is 79.9. The molecule has 2 aromatic carbocycles. The summed E-state index contributed by atoms with van der Waals surface area (Å²) in [6, 6.07) is 16.2. The fourth-order valence-electron chi connectivity index (χ4n) is 2.65. The maximum Gasteiger partial charge on any atom is 0.229 e. The van der Waals surface area contributed by atoms with Crippen LogP contribution in [0, 0.1) is 17.2 Å². The Morgan fingerprint density at radius 2 is 1.92 bits per heavy atom. The maximum atomic E-state index is 12.4. The van der Waals surface area contributed by atoms with Crippen molar-refractivity contribution in [3.8, 4) is 6.07 Å². The van der Waals surface area contributed by atoms with Gasteiger partial charge in [0, 0.05) is 23.1 Å². The molecule has 1 unspecified atom stereocenters. The Kier molecular flexibility index (Phi) is 4.63. The molecule has 24 heavy (non-hydrogen) atoms. The Bertz CT molecular complexity index is 827. The summed E-state index contributed by atoms with van der Waals surface area (Å²) < 4.78 is 0.798. The van der Waals surface area contributed by atoms with Crippen LogP contribution in [-0.2, 0) is 9.59 Å². The molecule has 1 saturated heterocycles. The molecule has 2 aromatic rings. The number of carbonyl (C=O) groups excluding carboxylic acids is 2. The SMILES string of the molecule is N#Cc1ccc(N2CC(C(=O)Nc3ccccc3Br)CC2=O)cc1. The molecule has 1 aliphatic heterocycles. The molecule has 0 spiro atoms. The number of nitrogens with one attached hydrogen (secondary N) is 1. The van der Waals surface area contributed by atoms with Crippen molar-refractivity contribution >= 4 is 39.1 Å². The van der Waals surface area contributed by atoms with E-state index in [9.17, 15) is 9.59 Å². The van der Waals surface area contributed by atoms with Crippen molar-refractivity contribution in [1.82, 2.24) is 0 Å². The highest BCUT2D eigenvalue weighted by Gasteiger charge is 2.35. The Labute approximate surface area is 148 Å². The van der Waals surface area contributed by atoms with Gasteiger partial charge in [-0.3, -0.25) is 9.59 Å². The van der Waals surface area contributed by atoms with Gasteiger partial charge in [-0.05, 0) is 52.3 Å². The van der Waals surface area contributed by atoms with Gasteiger partial charge in [0.25, 0.3) is 0 Å². The van der Waals surface area contributed by atoms with E-state index in [0.29, 0.717) is 23.5 Å². The monoisotopic (exact) mass is 383 g/mol. The van der Waals surface area contributed by atoms with Crippen LogP contribution in [0.5, 0.6) is 0 Å². The summed E-state index contributed by atoms with van der Waals surface area (Å²) in [6.45, 7) is 0.334. The first kappa shape index (κ1) is 16.2. The number of para-hydroxylation sites is 1. The van der Waals surface area contributed by atoms with Crippen LogP contribution in [0.25, 0.3) is 0 Å². The van der Waals surface area contributed by atoms with E-state index in [1.807, 2.05) is 24.3 Å². The van der Waals surface area contributed by atoms with Gasteiger partial charge in [0.05, 0.1) is 23.2 Å². The zero-order valence-electron chi connectivity index (χ0n) is 12.7. The van der Waals surface area contributed by atoms with Gasteiger partial charge in [-0.25, -0.2) is 0 Å². The molecule has 0 aliphatic carbocycles. The summed E-state index contributed by atoms with van der Waals surface area (Å²) in [5.74, 6) is -0.668. The predicted octanol–water partition coefficient (Wildman–Crippen LogP) is 3.31. The van der Waals surface area contributed by atoms with E-state index in [2.05, 4.69) is 21.2 Å². The molecule has 0 bridgehead atoms. The molecule has 6 heteroatoms. The van der Waals surface area contributed by atoms with Gasteiger partial charge in [-0.1, -0.05) is 12.1 Å². The molecule has 0 aromatic heterocycles. The molecular formula is C18H14BrN3O2. The van der Waals surface area contributed by atoms with Crippen LogP contribution in [0.2, 0.25) is 0 Å². The highest BCUT2D eigenvalue weighted by molar-refractivity contribution is 9.10. The van der Waals surface area contributed by atoms with Gasteiger partial charge in [-0.2, -0.15) is 5.26 Å². The van der Waals surface area contributed by atoms with Gasteiger partial charge in [0.1, 0.15) is 0 Å². The van der Waals surface area contributed by atoms with Crippen molar-refractivity contribution in [3.05, 3.63) is 58.6 Å². The normalized spacial score (nSPS) is 16.8. The number of nitrogens with zero attached hydrogens (tertiary/aromatic N) is 2. The average molecular weight is 384 g/mol. The van der Waals surface area contributed by atoms with Crippen molar-refractivity contribution in [3.63, 3.8) is 0 Å². The number of rotatable bonds is 3. The van der Waals surface area contributed by atoms with Crippen LogP contribution in [-0.4, -0.2) is 18.4 Å². The van der Waals surface area contributed by atoms with E-state index >= 15 is 0 Å². The second-order valence-electron chi connectivity index (χ2n) is 5.53. The van der Waals surface area contributed by atoms with Crippen LogP contribution < -0.4 is 10.2 Å². The molecule has 0 saturated carbocycles. The van der Waals surface area contributed by atoms with Gasteiger partial charge in [0.15, 0.2) is 0 Å². The predicted molar refractivity (Wildman–Crippen MR) is 94.4 cm³/mol. The third kappa shape index (κ3) is 3.31. The fourth-order valence-corrected chi connectivity index (χ4v) is 3.03. The average Bonchev–Trinajstić information content (AvgIpc) is 2.99. The zero-order chi connectivity index (χ0) is 17.1. The van der Waals surface area contributed by atoms with Gasteiger partial charge < -0.3 is 10.2 Å². The fraction of sp³-hybridized carbons (Fsp3) is 0.167. The van der Waals surface area contributed by atoms with Gasteiger partial charge in [-0.15, -0.1) is 0 Å². The maximum absolute atomic E-state index is 12.4. The summed E-state index contributed by atoms with van der Waals surface area (Å²) in [6.07, 6.45) is 0.177. The first-order valence-electron chi connectivity index (χ1n) is 7.44. The number of amides is 2. The quantitative estimate of drug-likeness (QED) is 0.883. The molecule has 3 rings (SSSR count). The number of anilines is 2. The minimum Gasteiger partial charge on any atom is -0.325 e. The van der Waals surface area contributed by atoms with Crippen LogP contribution >= 0.6 is 15.9 Å². The van der Waals surface area contributed by atoms with Crippen molar-refractivity contribution in [1.29, 1.82) is 5.26 Å². The zero-order valence-corrected chi connectivity index (χ0v) is 14.3. The molecule has 120 valence electrons. The Balaban J connectivity index is 1.71. The Morgan fingerprint density at radius 3 is 2.58 bits per heavy atom. The number of hydrogen-bond donors (Lipinski definition) is 1. The molecule has 1 N–H and O–H groups in total. The Morgan fingerprint density at radius 1 is 1.21 bits per heavy atom. The number of halogens is 1. The molecule has 1 fully saturated rings. The molecule has 5 nitrogen and oxygen atoms in total. The molecule has 1 atom stereocenters. The summed E-state index contributed by atoms with van der Waals surface area (Å²) in [5, 5.41) is 11.7. The smallest absolute Gasteiger partial charge is 0.229 e. The van der Waals surface area contributed by atoms with E-state index in [1.165, 1.54) is 0 Å². The summed E-state index contributed by atoms with van der Waals surface area (Å²) in [7, 11) is 0. The second-order valence-corrected chi connectivity index (χ2v) is 6.39. The third-order valence-corrected chi connectivity index (χ3v) is 4.63. The van der Waals surface area contributed by atoms with E-state index in [4.69, 9.17) is 5.26 Å². The first-order chi connectivity index (χ1) is 11.6. The summed E-state index contributed by atoms with van der Waals surface area (Å²) in [5.41, 5.74) is 1.93. The lowest BCUT2D eigenvalue weighted by Crippen LogP contribution is -2.28. The van der Waals surface area contributed by atoms with Crippen LogP contribution in [0.1, 0.15) is 12.0 Å². The van der Waals surface area contributed by atoms with Crippen LogP contribution in [0.4, 0.5) is 11.4 Å². The minimum absolute atomic E-state index is 0.0908.